The molecule has 0 saturated carbocycles. The molecule has 0 saturated heterocycles. The van der Waals surface area contributed by atoms with E-state index >= 15 is 0 Å². The van der Waals surface area contributed by atoms with Crippen LogP contribution in [0.1, 0.15) is 24.4 Å². The van der Waals surface area contributed by atoms with Crippen molar-refractivity contribution < 1.29 is 18.0 Å². The van der Waals surface area contributed by atoms with Gasteiger partial charge in [-0.05, 0) is 31.5 Å². The molecule has 2 rings (SSSR count). The zero-order chi connectivity index (χ0) is 14.0. The fraction of sp³-hybridized carbons (Fsp3) is 0.273. The Kier molecular flexibility index (Phi) is 3.54. The van der Waals surface area contributed by atoms with Crippen molar-refractivity contribution in [3.8, 4) is 0 Å². The van der Waals surface area contributed by atoms with Crippen LogP contribution in [0, 0.1) is 6.92 Å². The van der Waals surface area contributed by atoms with Gasteiger partial charge < -0.3 is 9.63 Å². The van der Waals surface area contributed by atoms with Crippen LogP contribution in [0.25, 0.3) is 0 Å². The number of aromatic nitrogens is 2. The molecular formula is C11H13N3O4S. The number of hydrogen-bond donors (Lipinski definition) is 2. The minimum absolute atomic E-state index is 0.0155. The molecule has 19 heavy (non-hydrogen) atoms. The maximum atomic E-state index is 12.1. The van der Waals surface area contributed by atoms with Gasteiger partial charge in [0.2, 0.25) is 0 Å². The number of aryl methyl sites for hydroxylation is 1. The number of nitrogens with one attached hydrogen (secondary N) is 1. The number of hydrogen-bond acceptors (Lipinski definition) is 6. The number of nitrogens with zero attached hydrogens (tertiary/aromatic N) is 2. The standard InChI is InChI=1S/C11H13N3O4S/c1-7(15)9-4-3-5-10(6-9)19(16,17)14-11-12-8(2)13-18-11/h3-7,15H,1-2H3,(H,12,13,14). The molecule has 0 spiro atoms. The number of aliphatic hydroxyl groups is 1. The molecule has 0 bridgehead atoms. The molecule has 0 aliphatic heterocycles. The predicted octanol–water partition coefficient (Wildman–Crippen LogP) is 1.23. The maximum absolute atomic E-state index is 12.1. The molecule has 7 nitrogen and oxygen atoms in total. The molecule has 8 heteroatoms. The summed E-state index contributed by atoms with van der Waals surface area (Å²) in [6.07, 6.45) is -0.749. The first-order valence-electron chi connectivity index (χ1n) is 5.49. The van der Waals surface area contributed by atoms with Crippen LogP contribution in [0.3, 0.4) is 0 Å². The van der Waals surface area contributed by atoms with E-state index in [1.54, 1.807) is 26.0 Å². The van der Waals surface area contributed by atoms with E-state index in [9.17, 15) is 13.5 Å². The SMILES string of the molecule is Cc1noc(NS(=O)(=O)c2cccc(C(C)O)c2)n1. The quantitative estimate of drug-likeness (QED) is 0.874. The van der Waals surface area contributed by atoms with Gasteiger partial charge >= 0.3 is 6.01 Å². The molecule has 2 aromatic rings. The molecule has 1 unspecified atom stereocenters. The summed E-state index contributed by atoms with van der Waals surface area (Å²) in [6, 6.07) is 5.80. The van der Waals surface area contributed by atoms with Gasteiger partial charge in [-0.1, -0.05) is 17.3 Å². The summed E-state index contributed by atoms with van der Waals surface area (Å²) in [4.78, 5) is 3.78. The number of rotatable bonds is 4. The summed E-state index contributed by atoms with van der Waals surface area (Å²) >= 11 is 0. The van der Waals surface area contributed by atoms with Gasteiger partial charge in [-0.15, -0.1) is 0 Å². The van der Waals surface area contributed by atoms with Crippen LogP contribution in [0.4, 0.5) is 6.01 Å². The maximum Gasteiger partial charge on any atom is 0.335 e. The molecule has 1 aromatic carbocycles. The van der Waals surface area contributed by atoms with Gasteiger partial charge in [-0.2, -0.15) is 4.98 Å². The lowest BCUT2D eigenvalue weighted by Gasteiger charge is -2.08. The van der Waals surface area contributed by atoms with E-state index in [0.717, 1.165) is 0 Å². The van der Waals surface area contributed by atoms with Crippen LogP contribution in [-0.4, -0.2) is 23.7 Å². The van der Waals surface area contributed by atoms with Gasteiger partial charge in [-0.3, -0.25) is 0 Å². The number of benzene rings is 1. The lowest BCUT2D eigenvalue weighted by Crippen LogP contribution is -2.13. The minimum Gasteiger partial charge on any atom is -0.389 e. The second kappa shape index (κ2) is 4.98. The Balaban J connectivity index is 2.31. The predicted molar refractivity (Wildman–Crippen MR) is 66.9 cm³/mol. The lowest BCUT2D eigenvalue weighted by molar-refractivity contribution is 0.199. The van der Waals surface area contributed by atoms with Crippen LogP contribution in [0.15, 0.2) is 33.7 Å². The third-order valence-corrected chi connectivity index (χ3v) is 3.72. The highest BCUT2D eigenvalue weighted by molar-refractivity contribution is 7.92. The van der Waals surface area contributed by atoms with Crippen molar-refractivity contribution in [2.45, 2.75) is 24.8 Å². The van der Waals surface area contributed by atoms with Crippen molar-refractivity contribution >= 4 is 16.0 Å². The summed E-state index contributed by atoms with van der Waals surface area (Å²) < 4.78 is 31.0. The van der Waals surface area contributed by atoms with Crippen molar-refractivity contribution in [1.29, 1.82) is 0 Å². The van der Waals surface area contributed by atoms with E-state index in [-0.39, 0.29) is 10.9 Å². The third-order valence-electron chi connectivity index (χ3n) is 2.40. The molecule has 0 aliphatic carbocycles. The van der Waals surface area contributed by atoms with E-state index in [1.165, 1.54) is 12.1 Å². The van der Waals surface area contributed by atoms with E-state index in [2.05, 4.69) is 14.9 Å². The average Bonchev–Trinajstić information content (AvgIpc) is 2.74. The Bertz CT molecular complexity index is 679. The fourth-order valence-corrected chi connectivity index (χ4v) is 2.43. The monoisotopic (exact) mass is 283 g/mol. The Morgan fingerprint density at radius 2 is 2.16 bits per heavy atom. The van der Waals surface area contributed by atoms with Gasteiger partial charge in [0.05, 0.1) is 11.0 Å². The third kappa shape index (κ3) is 3.09. The fourth-order valence-electron chi connectivity index (χ4n) is 1.45. The Labute approximate surface area is 110 Å². The van der Waals surface area contributed by atoms with Gasteiger partial charge in [0.25, 0.3) is 10.0 Å². The molecule has 0 radical (unpaired) electrons. The smallest absolute Gasteiger partial charge is 0.335 e. The molecule has 1 aromatic heterocycles. The summed E-state index contributed by atoms with van der Waals surface area (Å²) in [7, 11) is -3.81. The average molecular weight is 283 g/mol. The number of aliphatic hydroxyl groups excluding tert-OH is 1. The first-order chi connectivity index (χ1) is 8.88. The highest BCUT2D eigenvalue weighted by Crippen LogP contribution is 2.19. The molecule has 0 amide bonds. The molecule has 0 fully saturated rings. The van der Waals surface area contributed by atoms with Crippen LogP contribution < -0.4 is 4.72 Å². The zero-order valence-corrected chi connectivity index (χ0v) is 11.2. The van der Waals surface area contributed by atoms with Crippen molar-refractivity contribution in [2.24, 2.45) is 0 Å². The van der Waals surface area contributed by atoms with Crippen LogP contribution in [0.2, 0.25) is 0 Å². The van der Waals surface area contributed by atoms with Crippen LogP contribution in [-0.2, 0) is 10.0 Å². The van der Waals surface area contributed by atoms with Crippen molar-refractivity contribution in [3.05, 3.63) is 35.7 Å². The number of sulfonamides is 1. The van der Waals surface area contributed by atoms with Crippen LogP contribution >= 0.6 is 0 Å². The first kappa shape index (κ1) is 13.5. The number of anilines is 1. The largest absolute Gasteiger partial charge is 0.389 e. The highest BCUT2D eigenvalue weighted by atomic mass is 32.2. The lowest BCUT2D eigenvalue weighted by atomic mass is 10.1. The molecule has 102 valence electrons. The van der Waals surface area contributed by atoms with E-state index in [1.807, 2.05) is 0 Å². The first-order valence-corrected chi connectivity index (χ1v) is 6.98. The summed E-state index contributed by atoms with van der Waals surface area (Å²) in [5.74, 6) is 0.329. The minimum atomic E-state index is -3.81. The van der Waals surface area contributed by atoms with Crippen molar-refractivity contribution in [1.82, 2.24) is 10.1 Å². The molecular weight excluding hydrogens is 270 g/mol. The van der Waals surface area contributed by atoms with Gasteiger partial charge in [-0.25, -0.2) is 13.1 Å². The summed E-state index contributed by atoms with van der Waals surface area (Å²) in [5, 5.41) is 12.9. The highest BCUT2D eigenvalue weighted by Gasteiger charge is 2.18. The zero-order valence-electron chi connectivity index (χ0n) is 10.4. The van der Waals surface area contributed by atoms with E-state index in [4.69, 9.17) is 4.52 Å². The summed E-state index contributed by atoms with van der Waals surface area (Å²) in [5.41, 5.74) is 0.504. The normalized spacial score (nSPS) is 13.2. The van der Waals surface area contributed by atoms with Crippen molar-refractivity contribution in [2.75, 3.05) is 4.72 Å². The Morgan fingerprint density at radius 3 is 2.74 bits per heavy atom. The van der Waals surface area contributed by atoms with Crippen LogP contribution in [0.5, 0.6) is 0 Å². The Morgan fingerprint density at radius 1 is 1.42 bits per heavy atom. The van der Waals surface area contributed by atoms with E-state index < -0.39 is 16.1 Å². The topological polar surface area (TPSA) is 105 Å². The second-order valence-electron chi connectivity index (χ2n) is 4.00. The Hall–Kier alpha value is -1.93. The molecule has 1 heterocycles. The van der Waals surface area contributed by atoms with E-state index in [0.29, 0.717) is 11.4 Å². The molecule has 2 N–H and O–H groups in total. The van der Waals surface area contributed by atoms with Gasteiger partial charge in [0, 0.05) is 0 Å². The van der Waals surface area contributed by atoms with Gasteiger partial charge in [0.1, 0.15) is 0 Å². The second-order valence-corrected chi connectivity index (χ2v) is 5.68. The molecule has 0 aliphatic rings. The van der Waals surface area contributed by atoms with Crippen molar-refractivity contribution in [3.63, 3.8) is 0 Å². The van der Waals surface area contributed by atoms with Gasteiger partial charge in [0.15, 0.2) is 5.82 Å². The summed E-state index contributed by atoms with van der Waals surface area (Å²) in [6.45, 7) is 3.13. The molecule has 1 atom stereocenters.